The van der Waals surface area contributed by atoms with Gasteiger partial charge in [0.1, 0.15) is 5.82 Å². The van der Waals surface area contributed by atoms with Crippen molar-refractivity contribution in [2.45, 2.75) is 78.6 Å². The van der Waals surface area contributed by atoms with Crippen molar-refractivity contribution < 1.29 is 45.0 Å². The number of ether oxygens (including phenoxy) is 1. The largest absolute Gasteiger partial charge is 0.509 e. The fraction of sp³-hybridized carbons (Fsp3) is 0.200. The molecule has 0 amide bonds. The third-order valence-electron chi connectivity index (χ3n) is 11.6. The third-order valence-corrected chi connectivity index (χ3v) is 11.6. The Bertz CT molecular complexity index is 4040. The van der Waals surface area contributed by atoms with Gasteiger partial charge in [-0.15, -0.1) is 48.1 Å². The van der Waals surface area contributed by atoms with E-state index in [9.17, 15) is 6.85 Å². The smallest absolute Gasteiger partial charge is 0.135 e. The van der Waals surface area contributed by atoms with Gasteiger partial charge in [-0.25, -0.2) is 4.98 Å². The van der Waals surface area contributed by atoms with Crippen molar-refractivity contribution in [1.29, 1.82) is 0 Å². The van der Waals surface area contributed by atoms with E-state index in [-0.39, 0.29) is 101 Å². The van der Waals surface area contributed by atoms with Crippen LogP contribution in [0.3, 0.4) is 0 Å². The molecule has 10 rings (SSSR count). The summed E-state index contributed by atoms with van der Waals surface area (Å²) in [6.45, 7) is 19.8. The molecule has 0 saturated carbocycles. The monoisotopic (exact) mass is 1060 g/mol. The summed E-state index contributed by atoms with van der Waals surface area (Å²) in [6, 6.07) is 25.6. The summed E-state index contributed by atoms with van der Waals surface area (Å²) in [7, 11) is 0. The minimum absolute atomic E-state index is 0. The number of nitrogens with zero attached hydrogens (tertiary/aromatic N) is 4. The van der Waals surface area contributed by atoms with E-state index in [0.29, 0.717) is 28.3 Å². The van der Waals surface area contributed by atoms with Crippen molar-refractivity contribution in [3.05, 3.63) is 199 Å². The number of anilines is 4. The van der Waals surface area contributed by atoms with Gasteiger partial charge >= 0.3 is 0 Å². The van der Waals surface area contributed by atoms with E-state index in [1.54, 1.807) is 39.0 Å². The van der Waals surface area contributed by atoms with E-state index in [1.165, 1.54) is 4.57 Å². The average Bonchev–Trinajstić information content (AvgIpc) is 3.95. The van der Waals surface area contributed by atoms with Gasteiger partial charge in [0, 0.05) is 73.8 Å². The zero-order valence-corrected chi connectivity index (χ0v) is 40.4. The molecule has 66 heavy (non-hydrogen) atoms. The van der Waals surface area contributed by atoms with Gasteiger partial charge in [0.2, 0.25) is 0 Å². The molecule has 0 radical (unpaired) electrons. The Kier molecular flexibility index (Phi) is 7.96. The molecule has 0 saturated heterocycles. The van der Waals surface area contributed by atoms with Crippen molar-refractivity contribution in [3.8, 4) is 39.6 Å². The van der Waals surface area contributed by atoms with Crippen LogP contribution in [0, 0.1) is 18.8 Å². The van der Waals surface area contributed by atoms with Crippen molar-refractivity contribution in [2.75, 3.05) is 9.80 Å². The molecule has 334 valence electrons. The topological polar surface area (TPSA) is 33.5 Å². The molecule has 3 heterocycles. The molecular formula is C60H55N4OPt-3. The molecule has 0 spiro atoms. The first-order valence-electron chi connectivity index (χ1n) is 28.5. The number of fused-ring (bicyclic) bond motifs is 4. The number of para-hydroxylation sites is 3. The number of hydrogen-bond acceptors (Lipinski definition) is 4. The van der Waals surface area contributed by atoms with Crippen LogP contribution in [0.5, 0.6) is 11.5 Å². The van der Waals surface area contributed by atoms with Gasteiger partial charge in [-0.2, -0.15) is 12.1 Å². The van der Waals surface area contributed by atoms with Crippen LogP contribution in [0.25, 0.3) is 49.9 Å². The molecule has 0 N–H and O–H groups in total. The zero-order chi connectivity index (χ0) is 57.4. The molecule has 0 unspecified atom stereocenters. The van der Waals surface area contributed by atoms with Crippen molar-refractivity contribution in [2.24, 2.45) is 0 Å². The number of aromatic nitrogens is 2. The van der Waals surface area contributed by atoms with Crippen LogP contribution in [-0.4, -0.2) is 9.55 Å². The summed E-state index contributed by atoms with van der Waals surface area (Å²) in [5.74, 6) is -0.440. The maximum absolute atomic E-state index is 9.42. The predicted octanol–water partition coefficient (Wildman–Crippen LogP) is 16.2. The quantitative estimate of drug-likeness (QED) is 0.149. The SMILES string of the molecule is [2H]c1nc(-n2c3[c-]c(Oc4[c-]c(N5[CH-]N(c6c(-c7cccc(C(C)(C)C)c7)cc(C(C)(C)C)cc6-c6c([2H])c([2H])c([2H])c([2H])c6[2H])c6ccccc65)ccc4)c([2H])c([2H])c3c3c([2H])c([2H])c([2H])c([2H])c32)c([2H])c(C(C)(C)C)c1[2H].[Pt]. The van der Waals surface area contributed by atoms with Gasteiger partial charge in [-0.05, 0) is 93.2 Å². The van der Waals surface area contributed by atoms with Gasteiger partial charge < -0.3 is 19.1 Å². The van der Waals surface area contributed by atoms with Crippen molar-refractivity contribution in [1.82, 2.24) is 9.55 Å². The van der Waals surface area contributed by atoms with E-state index >= 15 is 0 Å². The first kappa shape index (κ1) is 30.7. The molecule has 1 aliphatic rings. The van der Waals surface area contributed by atoms with Crippen LogP contribution >= 0.6 is 0 Å². The van der Waals surface area contributed by atoms with E-state index in [0.717, 1.165) is 22.3 Å². The van der Waals surface area contributed by atoms with Crippen LogP contribution in [0.15, 0.2) is 164 Å². The number of benzene rings is 7. The number of rotatable bonds is 7. The maximum Gasteiger partial charge on any atom is 0.135 e. The predicted molar refractivity (Wildman–Crippen MR) is 271 cm³/mol. The Morgan fingerprint density at radius 2 is 1.24 bits per heavy atom. The minimum Gasteiger partial charge on any atom is -0.509 e. The Labute approximate surface area is 424 Å². The first-order chi connectivity index (χ1) is 36.9. The maximum atomic E-state index is 9.42. The van der Waals surface area contributed by atoms with Crippen molar-refractivity contribution >= 4 is 44.6 Å². The van der Waals surface area contributed by atoms with Gasteiger partial charge in [0.25, 0.3) is 0 Å². The molecule has 0 aliphatic carbocycles. The average molecular weight is 1060 g/mol. The number of hydrogen-bond donors (Lipinski definition) is 0. The first-order valence-corrected chi connectivity index (χ1v) is 21.5. The molecule has 5 nitrogen and oxygen atoms in total. The molecule has 9 aromatic rings. The molecule has 6 heteroatoms. The Balaban J connectivity index is 0.00000774. The second-order valence-corrected chi connectivity index (χ2v) is 19.3. The Morgan fingerprint density at radius 1 is 0.576 bits per heavy atom. The molecular weight excluding hydrogens is 988 g/mol. The fourth-order valence-corrected chi connectivity index (χ4v) is 8.05. The van der Waals surface area contributed by atoms with Gasteiger partial charge in [0.05, 0.1) is 16.4 Å². The Hall–Kier alpha value is -6.42. The van der Waals surface area contributed by atoms with Gasteiger partial charge in [0.15, 0.2) is 0 Å². The van der Waals surface area contributed by atoms with Crippen molar-refractivity contribution in [3.63, 3.8) is 0 Å². The molecule has 2 aromatic heterocycles. The van der Waals surface area contributed by atoms with Gasteiger partial charge in [-0.3, -0.25) is 0 Å². The van der Waals surface area contributed by atoms with Crippen LogP contribution in [-0.2, 0) is 37.3 Å². The third kappa shape index (κ3) is 8.35. The molecule has 0 atom stereocenters. The molecule has 0 bridgehead atoms. The summed E-state index contributed by atoms with van der Waals surface area (Å²) < 4.78 is 133. The zero-order valence-electron chi connectivity index (χ0n) is 52.1. The fourth-order valence-electron chi connectivity index (χ4n) is 8.05. The van der Waals surface area contributed by atoms with E-state index in [2.05, 4.69) is 76.9 Å². The second-order valence-electron chi connectivity index (χ2n) is 19.3. The second kappa shape index (κ2) is 17.1. The summed E-state index contributed by atoms with van der Waals surface area (Å²) >= 11 is 0. The summed E-state index contributed by atoms with van der Waals surface area (Å²) in [5, 5.41) is -0.195. The van der Waals surface area contributed by atoms with Crippen LogP contribution in [0.2, 0.25) is 0 Å². The standard InChI is InChI=1S/C60H55N4O.Pt/c1-58(2,3)42-22-17-21-41(33-42)51-35-44(60(7,8)9)34-50(40-19-11-10-12-20-40)57(51)63-39-62(53-27-15-16-28-54(53)63)45-23-18-24-46(37-45)65-47-29-30-49-48-25-13-14-26-52(48)64(55(49)38-47)56-36-43(31-32-61-56)59(4,5)6;/h10-36,39H,1-9H3;/q-3;/i10D,11D,12D,13D,14D,19D,20D,25D,26D,29D,30D,31D,32D,36D;. The van der Waals surface area contributed by atoms with Gasteiger partial charge in [-0.1, -0.05) is 153 Å². The van der Waals surface area contributed by atoms with Crippen LogP contribution < -0.4 is 14.5 Å². The normalized spacial score (nSPS) is 16.0. The summed E-state index contributed by atoms with van der Waals surface area (Å²) in [5.41, 5.74) is 4.78. The van der Waals surface area contributed by atoms with Crippen LogP contribution in [0.1, 0.15) is 98.2 Å². The van der Waals surface area contributed by atoms with E-state index in [4.69, 9.17) is 17.1 Å². The minimum atomic E-state index is -0.832. The van der Waals surface area contributed by atoms with E-state index < -0.39 is 71.4 Å². The molecule has 7 aromatic carbocycles. The van der Waals surface area contributed by atoms with Crippen LogP contribution in [0.4, 0.5) is 22.7 Å². The molecule has 1 aliphatic heterocycles. The Morgan fingerprint density at radius 3 is 1.97 bits per heavy atom. The van der Waals surface area contributed by atoms with E-state index in [1.807, 2.05) is 58.9 Å². The number of pyridine rings is 1. The summed E-state index contributed by atoms with van der Waals surface area (Å²) in [6.07, 6.45) is -0.477. The molecule has 0 fully saturated rings. The summed E-state index contributed by atoms with van der Waals surface area (Å²) in [4.78, 5) is 8.17.